The molecule has 4 fully saturated rings. The summed E-state index contributed by atoms with van der Waals surface area (Å²) in [6, 6.07) is 12.5. The highest BCUT2D eigenvalue weighted by atomic mass is 32.2. The van der Waals surface area contributed by atoms with Gasteiger partial charge in [-0.3, -0.25) is 14.3 Å². The van der Waals surface area contributed by atoms with E-state index in [9.17, 15) is 4.79 Å². The minimum atomic E-state index is -0.0662. The van der Waals surface area contributed by atoms with Crippen LogP contribution in [0, 0.1) is 23.2 Å². The molecule has 2 heterocycles. The lowest BCUT2D eigenvalue weighted by molar-refractivity contribution is -0.141. The molecule has 0 unspecified atom stereocenters. The molecule has 170 valence electrons. The SMILES string of the molecule is CCc1ccc(-n2c(SCC(=O)C34CC5CC(CC(C5)C3)C4)nnc2-c2ccncc2)cc1. The Balaban J connectivity index is 1.29. The zero-order valence-corrected chi connectivity index (χ0v) is 19.9. The fourth-order valence-electron chi connectivity index (χ4n) is 6.90. The summed E-state index contributed by atoms with van der Waals surface area (Å²) in [7, 11) is 0. The van der Waals surface area contributed by atoms with Crippen LogP contribution in [0.25, 0.3) is 17.1 Å². The Hall–Kier alpha value is -2.47. The number of carbonyl (C=O) groups excluding carboxylic acids is 1. The fraction of sp³-hybridized carbons (Fsp3) is 0.481. The normalized spacial score (nSPS) is 27.7. The predicted molar refractivity (Wildman–Crippen MR) is 130 cm³/mol. The summed E-state index contributed by atoms with van der Waals surface area (Å²) >= 11 is 1.55. The summed E-state index contributed by atoms with van der Waals surface area (Å²) in [5, 5.41) is 9.84. The molecule has 0 radical (unpaired) electrons. The van der Waals surface area contributed by atoms with Crippen LogP contribution in [-0.2, 0) is 11.2 Å². The number of pyridine rings is 1. The van der Waals surface area contributed by atoms with Gasteiger partial charge in [-0.25, -0.2) is 0 Å². The third-order valence-corrected chi connectivity index (χ3v) is 9.07. The third-order valence-electron chi connectivity index (χ3n) is 8.14. The van der Waals surface area contributed by atoms with Crippen LogP contribution in [0.2, 0.25) is 0 Å². The van der Waals surface area contributed by atoms with E-state index in [2.05, 4.69) is 50.9 Å². The number of aryl methyl sites for hydroxylation is 1. The summed E-state index contributed by atoms with van der Waals surface area (Å²) in [6.45, 7) is 2.16. The Bertz CT molecular complexity index is 1120. The van der Waals surface area contributed by atoms with Crippen molar-refractivity contribution in [3.8, 4) is 17.1 Å². The van der Waals surface area contributed by atoms with Crippen LogP contribution in [0.5, 0.6) is 0 Å². The maximum atomic E-state index is 13.6. The highest BCUT2D eigenvalue weighted by molar-refractivity contribution is 7.99. The van der Waals surface area contributed by atoms with E-state index in [-0.39, 0.29) is 5.41 Å². The second kappa shape index (κ2) is 8.39. The van der Waals surface area contributed by atoms with Crippen LogP contribution >= 0.6 is 11.8 Å². The molecule has 2 aromatic heterocycles. The number of hydrogen-bond donors (Lipinski definition) is 0. The number of ketones is 1. The molecule has 3 aromatic rings. The molecule has 6 heteroatoms. The van der Waals surface area contributed by atoms with Crippen molar-refractivity contribution in [2.24, 2.45) is 23.2 Å². The van der Waals surface area contributed by atoms with Gasteiger partial charge in [0.2, 0.25) is 0 Å². The van der Waals surface area contributed by atoms with Gasteiger partial charge in [-0.1, -0.05) is 30.8 Å². The maximum Gasteiger partial charge on any atom is 0.196 e. The van der Waals surface area contributed by atoms with Gasteiger partial charge in [-0.05, 0) is 92.5 Å². The van der Waals surface area contributed by atoms with Crippen molar-refractivity contribution >= 4 is 17.5 Å². The van der Waals surface area contributed by atoms with Crippen LogP contribution in [0.3, 0.4) is 0 Å². The predicted octanol–water partition coefficient (Wildman–Crippen LogP) is 5.77. The molecule has 0 amide bonds. The zero-order valence-electron chi connectivity index (χ0n) is 19.1. The molecular formula is C27H30N4OS. The van der Waals surface area contributed by atoms with Gasteiger partial charge in [0.15, 0.2) is 11.0 Å². The quantitative estimate of drug-likeness (QED) is 0.421. The minimum absolute atomic E-state index is 0.0662. The Morgan fingerprint density at radius 3 is 2.21 bits per heavy atom. The van der Waals surface area contributed by atoms with Crippen molar-refractivity contribution < 1.29 is 4.79 Å². The van der Waals surface area contributed by atoms with Crippen LogP contribution < -0.4 is 0 Å². The van der Waals surface area contributed by atoms with Gasteiger partial charge in [0.1, 0.15) is 5.78 Å². The third kappa shape index (κ3) is 3.82. The van der Waals surface area contributed by atoms with Crippen molar-refractivity contribution in [1.82, 2.24) is 19.7 Å². The molecule has 1 aromatic carbocycles. The van der Waals surface area contributed by atoms with Crippen molar-refractivity contribution in [2.45, 2.75) is 57.0 Å². The second-order valence-electron chi connectivity index (χ2n) is 10.3. The van der Waals surface area contributed by atoms with Crippen LogP contribution in [0.15, 0.2) is 53.9 Å². The lowest BCUT2D eigenvalue weighted by Gasteiger charge is -2.56. The summed E-state index contributed by atoms with van der Waals surface area (Å²) in [5.41, 5.74) is 3.22. The van der Waals surface area contributed by atoms with E-state index in [0.717, 1.165) is 65.7 Å². The molecule has 0 aliphatic heterocycles. The Morgan fingerprint density at radius 2 is 1.61 bits per heavy atom. The molecule has 4 bridgehead atoms. The first kappa shape index (κ1) is 21.1. The monoisotopic (exact) mass is 458 g/mol. The number of Topliss-reactive ketones (excluding diaryl/α,β-unsaturated/α-hetero) is 1. The minimum Gasteiger partial charge on any atom is -0.298 e. The number of nitrogens with zero attached hydrogens (tertiary/aromatic N) is 4. The first-order valence-corrected chi connectivity index (χ1v) is 13.2. The zero-order chi connectivity index (χ0) is 22.4. The number of rotatable bonds is 7. The van der Waals surface area contributed by atoms with E-state index in [1.165, 1.54) is 24.8 Å². The topological polar surface area (TPSA) is 60.7 Å². The van der Waals surface area contributed by atoms with Gasteiger partial charge >= 0.3 is 0 Å². The van der Waals surface area contributed by atoms with Gasteiger partial charge in [-0.2, -0.15) is 0 Å². The van der Waals surface area contributed by atoms with Crippen molar-refractivity contribution in [2.75, 3.05) is 5.75 Å². The molecule has 0 spiro atoms. The maximum absolute atomic E-state index is 13.6. The van der Waals surface area contributed by atoms with E-state index >= 15 is 0 Å². The molecular weight excluding hydrogens is 428 g/mol. The number of hydrogen-bond acceptors (Lipinski definition) is 5. The Morgan fingerprint density at radius 1 is 0.970 bits per heavy atom. The van der Waals surface area contributed by atoms with E-state index in [1.807, 2.05) is 12.1 Å². The highest BCUT2D eigenvalue weighted by Crippen LogP contribution is 2.60. The Kier molecular flexibility index (Phi) is 5.36. The van der Waals surface area contributed by atoms with Gasteiger partial charge in [-0.15, -0.1) is 10.2 Å². The summed E-state index contributed by atoms with van der Waals surface area (Å²) in [4.78, 5) is 17.7. The van der Waals surface area contributed by atoms with E-state index in [0.29, 0.717) is 11.5 Å². The first-order chi connectivity index (χ1) is 16.1. The van der Waals surface area contributed by atoms with E-state index < -0.39 is 0 Å². The molecule has 4 saturated carbocycles. The molecule has 0 atom stereocenters. The van der Waals surface area contributed by atoms with Gasteiger partial charge in [0.25, 0.3) is 0 Å². The average Bonchev–Trinajstić information content (AvgIpc) is 3.26. The summed E-state index contributed by atoms with van der Waals surface area (Å²) in [6.07, 6.45) is 12.0. The number of aromatic nitrogens is 4. The molecule has 5 nitrogen and oxygen atoms in total. The van der Waals surface area contributed by atoms with E-state index in [4.69, 9.17) is 0 Å². The smallest absolute Gasteiger partial charge is 0.196 e. The van der Waals surface area contributed by atoms with E-state index in [1.54, 1.807) is 24.2 Å². The average molecular weight is 459 g/mol. The first-order valence-electron chi connectivity index (χ1n) is 12.2. The standard InChI is InChI=1S/C27H30N4OS/c1-2-18-3-5-23(6-4-18)31-25(22-7-9-28-10-8-22)29-30-26(31)33-17-24(32)27-14-19-11-20(15-27)13-21(12-19)16-27/h3-10,19-21H,2,11-17H2,1H3. The molecule has 7 rings (SSSR count). The second-order valence-corrected chi connectivity index (χ2v) is 11.2. The van der Waals surface area contributed by atoms with Gasteiger partial charge in [0.05, 0.1) is 5.75 Å². The number of benzene rings is 1. The van der Waals surface area contributed by atoms with Crippen molar-refractivity contribution in [1.29, 1.82) is 0 Å². The Labute approximate surface area is 199 Å². The molecule has 33 heavy (non-hydrogen) atoms. The summed E-state index contributed by atoms with van der Waals surface area (Å²) < 4.78 is 2.09. The fourth-order valence-corrected chi connectivity index (χ4v) is 7.89. The lowest BCUT2D eigenvalue weighted by Crippen LogP contribution is -2.50. The van der Waals surface area contributed by atoms with Crippen LogP contribution in [0.4, 0.5) is 0 Å². The van der Waals surface area contributed by atoms with Crippen LogP contribution in [0.1, 0.15) is 51.0 Å². The molecule has 0 saturated heterocycles. The molecule has 4 aliphatic rings. The largest absolute Gasteiger partial charge is 0.298 e. The lowest BCUT2D eigenvalue weighted by atomic mass is 9.48. The number of thioether (sulfide) groups is 1. The number of carbonyl (C=O) groups is 1. The van der Waals surface area contributed by atoms with Gasteiger partial charge < -0.3 is 0 Å². The van der Waals surface area contributed by atoms with Gasteiger partial charge in [0, 0.05) is 29.1 Å². The van der Waals surface area contributed by atoms with Crippen LogP contribution in [-0.4, -0.2) is 31.3 Å². The molecule has 4 aliphatic carbocycles. The highest BCUT2D eigenvalue weighted by Gasteiger charge is 2.54. The molecule has 0 N–H and O–H groups in total. The summed E-state index contributed by atoms with van der Waals surface area (Å²) in [5.74, 6) is 4.05. The van der Waals surface area contributed by atoms with Crippen molar-refractivity contribution in [3.05, 3.63) is 54.4 Å². The van der Waals surface area contributed by atoms with Crippen molar-refractivity contribution in [3.63, 3.8) is 0 Å².